The van der Waals surface area contributed by atoms with Crippen LogP contribution in [0.1, 0.15) is 16.6 Å². The number of esters is 1. The Balaban J connectivity index is 1.64. The van der Waals surface area contributed by atoms with Crippen LogP contribution in [0.3, 0.4) is 0 Å². The van der Waals surface area contributed by atoms with Crippen molar-refractivity contribution in [1.29, 1.82) is 0 Å². The molecule has 1 amide bonds. The predicted octanol–water partition coefficient (Wildman–Crippen LogP) is 1.83. The number of benzene rings is 1. The molecule has 0 aliphatic heterocycles. The van der Waals surface area contributed by atoms with Gasteiger partial charge in [-0.2, -0.15) is 4.68 Å². The zero-order valence-electron chi connectivity index (χ0n) is 15.0. The molecular weight excluding hydrogens is 404 g/mol. The Morgan fingerprint density at radius 3 is 2.86 bits per heavy atom. The van der Waals surface area contributed by atoms with E-state index in [9.17, 15) is 19.7 Å². The molecule has 0 spiro atoms. The molecule has 13 heteroatoms. The predicted molar refractivity (Wildman–Crippen MR) is 100 cm³/mol. The molecule has 150 valence electrons. The van der Waals surface area contributed by atoms with E-state index in [4.69, 9.17) is 9.47 Å². The minimum absolute atomic E-state index is 0.0370. The van der Waals surface area contributed by atoms with Crippen molar-refractivity contribution in [2.45, 2.75) is 6.92 Å². The van der Waals surface area contributed by atoms with E-state index >= 15 is 0 Å². The van der Waals surface area contributed by atoms with Gasteiger partial charge in [-0.15, -0.1) is 16.4 Å². The highest BCUT2D eigenvalue weighted by Gasteiger charge is 2.20. The Bertz CT molecular complexity index is 1030. The van der Waals surface area contributed by atoms with Crippen LogP contribution >= 0.6 is 11.3 Å². The number of nitro benzene ring substituents is 1. The SMILES string of the molecule is CCOc1ccc(NC(=O)COC(=O)c2sccc2-n2cnnn2)c([N+](=O)[O-])c1. The molecule has 2 heterocycles. The Hall–Kier alpha value is -3.87. The lowest BCUT2D eigenvalue weighted by atomic mass is 10.2. The topological polar surface area (TPSA) is 151 Å². The van der Waals surface area contributed by atoms with Crippen LogP contribution in [0.2, 0.25) is 0 Å². The van der Waals surface area contributed by atoms with Crippen molar-refractivity contribution in [2.24, 2.45) is 0 Å². The highest BCUT2D eigenvalue weighted by atomic mass is 32.1. The van der Waals surface area contributed by atoms with Gasteiger partial charge in [-0.05, 0) is 40.9 Å². The van der Waals surface area contributed by atoms with Crippen molar-refractivity contribution < 1.29 is 24.0 Å². The maximum Gasteiger partial charge on any atom is 0.351 e. The van der Waals surface area contributed by atoms with Gasteiger partial charge in [0.15, 0.2) is 6.61 Å². The van der Waals surface area contributed by atoms with Gasteiger partial charge in [0.2, 0.25) is 0 Å². The molecule has 0 aliphatic rings. The smallest absolute Gasteiger partial charge is 0.351 e. The van der Waals surface area contributed by atoms with E-state index in [-0.39, 0.29) is 16.3 Å². The average Bonchev–Trinajstić information content (AvgIpc) is 3.38. The van der Waals surface area contributed by atoms with Crippen molar-refractivity contribution in [1.82, 2.24) is 20.2 Å². The fourth-order valence-corrected chi connectivity index (χ4v) is 3.09. The second-order valence-corrected chi connectivity index (χ2v) is 6.30. The molecule has 29 heavy (non-hydrogen) atoms. The standard InChI is InChI=1S/C16H14N6O6S/c1-2-27-10-3-4-11(13(7-10)22(25)26)18-14(23)8-28-16(24)15-12(5-6-29-15)21-9-17-19-20-21/h3-7,9H,2,8H2,1H3,(H,18,23). The number of rotatable bonds is 8. The summed E-state index contributed by atoms with van der Waals surface area (Å²) in [7, 11) is 0. The third-order valence-corrected chi connectivity index (χ3v) is 4.39. The molecule has 0 unspecified atom stereocenters. The zero-order chi connectivity index (χ0) is 20.8. The Morgan fingerprint density at radius 2 is 2.17 bits per heavy atom. The Labute approximate surface area is 167 Å². The van der Waals surface area contributed by atoms with Crippen LogP contribution in [0.5, 0.6) is 5.75 Å². The number of nitro groups is 1. The van der Waals surface area contributed by atoms with Crippen LogP contribution in [-0.2, 0) is 9.53 Å². The van der Waals surface area contributed by atoms with Gasteiger partial charge >= 0.3 is 5.97 Å². The van der Waals surface area contributed by atoms with E-state index in [0.29, 0.717) is 18.0 Å². The van der Waals surface area contributed by atoms with E-state index in [1.165, 1.54) is 29.2 Å². The van der Waals surface area contributed by atoms with Crippen molar-refractivity contribution in [2.75, 3.05) is 18.5 Å². The fourth-order valence-electron chi connectivity index (χ4n) is 2.31. The molecule has 0 aliphatic carbocycles. The largest absolute Gasteiger partial charge is 0.494 e. The van der Waals surface area contributed by atoms with Gasteiger partial charge in [-0.25, -0.2) is 4.79 Å². The van der Waals surface area contributed by atoms with Crippen LogP contribution in [0.4, 0.5) is 11.4 Å². The summed E-state index contributed by atoms with van der Waals surface area (Å²) in [5.41, 5.74) is 0.0346. The number of thiophene rings is 1. The van der Waals surface area contributed by atoms with Crippen LogP contribution in [0.15, 0.2) is 36.0 Å². The number of ether oxygens (including phenoxy) is 2. The van der Waals surface area contributed by atoms with Gasteiger partial charge in [0.1, 0.15) is 22.6 Å². The molecule has 1 N–H and O–H groups in total. The summed E-state index contributed by atoms with van der Waals surface area (Å²) in [5.74, 6) is -1.18. The molecule has 3 rings (SSSR count). The fraction of sp³-hybridized carbons (Fsp3) is 0.188. The number of nitrogens with zero attached hydrogens (tertiary/aromatic N) is 5. The van der Waals surface area contributed by atoms with Crippen LogP contribution < -0.4 is 10.1 Å². The molecule has 0 radical (unpaired) electrons. The first-order chi connectivity index (χ1) is 14.0. The van der Waals surface area contributed by atoms with Gasteiger partial charge in [-0.1, -0.05) is 0 Å². The van der Waals surface area contributed by atoms with E-state index in [2.05, 4.69) is 20.8 Å². The average molecular weight is 418 g/mol. The minimum atomic E-state index is -0.748. The number of carbonyl (C=O) groups excluding carboxylic acids is 2. The minimum Gasteiger partial charge on any atom is -0.494 e. The first kappa shape index (κ1) is 19.9. The molecule has 2 aromatic heterocycles. The quantitative estimate of drug-likeness (QED) is 0.328. The third kappa shape index (κ3) is 4.70. The van der Waals surface area contributed by atoms with Gasteiger partial charge in [-0.3, -0.25) is 14.9 Å². The van der Waals surface area contributed by atoms with Gasteiger partial charge < -0.3 is 14.8 Å². The molecule has 12 nitrogen and oxygen atoms in total. The van der Waals surface area contributed by atoms with Crippen LogP contribution in [0, 0.1) is 10.1 Å². The van der Waals surface area contributed by atoms with Crippen molar-refractivity contribution in [3.8, 4) is 11.4 Å². The summed E-state index contributed by atoms with van der Waals surface area (Å²) < 4.78 is 11.5. The lowest BCUT2D eigenvalue weighted by Gasteiger charge is -2.09. The van der Waals surface area contributed by atoms with Crippen molar-refractivity contribution in [3.05, 3.63) is 51.0 Å². The molecule has 3 aromatic rings. The number of carbonyl (C=O) groups is 2. The molecule has 1 aromatic carbocycles. The number of anilines is 1. The first-order valence-electron chi connectivity index (χ1n) is 8.18. The lowest BCUT2D eigenvalue weighted by molar-refractivity contribution is -0.384. The normalized spacial score (nSPS) is 10.4. The van der Waals surface area contributed by atoms with E-state index in [0.717, 1.165) is 11.3 Å². The molecule has 0 saturated heterocycles. The molecule has 0 bridgehead atoms. The second-order valence-electron chi connectivity index (χ2n) is 5.38. The third-order valence-electron chi connectivity index (χ3n) is 3.51. The highest BCUT2D eigenvalue weighted by molar-refractivity contribution is 7.12. The summed E-state index contributed by atoms with van der Waals surface area (Å²) in [6, 6.07) is 5.66. The summed E-state index contributed by atoms with van der Waals surface area (Å²) in [6.45, 7) is 1.46. The molecular formula is C16H14N6O6S. The number of hydrogen-bond donors (Lipinski definition) is 1. The van der Waals surface area contributed by atoms with Gasteiger partial charge in [0.05, 0.1) is 23.3 Å². The zero-order valence-corrected chi connectivity index (χ0v) is 15.8. The molecule has 0 atom stereocenters. The maximum absolute atomic E-state index is 12.3. The number of hydrogen-bond acceptors (Lipinski definition) is 10. The number of amides is 1. The molecule has 0 saturated carbocycles. The van der Waals surface area contributed by atoms with Crippen molar-refractivity contribution in [3.63, 3.8) is 0 Å². The number of tetrazole rings is 1. The summed E-state index contributed by atoms with van der Waals surface area (Å²) in [6.07, 6.45) is 1.32. The second kappa shape index (κ2) is 8.88. The first-order valence-corrected chi connectivity index (χ1v) is 9.06. The highest BCUT2D eigenvalue weighted by Crippen LogP contribution is 2.29. The summed E-state index contributed by atoms with van der Waals surface area (Å²) in [5, 5.41) is 25.9. The van der Waals surface area contributed by atoms with Crippen molar-refractivity contribution >= 4 is 34.6 Å². The van der Waals surface area contributed by atoms with E-state index < -0.39 is 23.4 Å². The lowest BCUT2D eigenvalue weighted by Crippen LogP contribution is -2.21. The van der Waals surface area contributed by atoms with Crippen LogP contribution in [0.25, 0.3) is 5.69 Å². The Morgan fingerprint density at radius 1 is 1.34 bits per heavy atom. The molecule has 0 fully saturated rings. The Kier molecular flexibility index (Phi) is 6.09. The van der Waals surface area contributed by atoms with Crippen LogP contribution in [-0.4, -0.2) is 50.2 Å². The number of aromatic nitrogens is 4. The van der Waals surface area contributed by atoms with Gasteiger partial charge in [0, 0.05) is 0 Å². The summed E-state index contributed by atoms with van der Waals surface area (Å²) >= 11 is 1.10. The van der Waals surface area contributed by atoms with Gasteiger partial charge in [0.25, 0.3) is 11.6 Å². The van der Waals surface area contributed by atoms with E-state index in [1.807, 2.05) is 0 Å². The summed E-state index contributed by atoms with van der Waals surface area (Å²) in [4.78, 5) is 35.2. The van der Waals surface area contributed by atoms with E-state index in [1.54, 1.807) is 18.4 Å². The maximum atomic E-state index is 12.3. The monoisotopic (exact) mass is 418 g/mol. The number of nitrogens with one attached hydrogen (secondary N) is 1.